The number of benzene rings is 2. The van der Waals surface area contributed by atoms with E-state index in [1.165, 1.54) is 10.9 Å². The molecule has 0 saturated carbocycles. The van der Waals surface area contributed by atoms with Crippen LogP contribution in [0.4, 0.5) is 4.79 Å². The number of imidazole rings is 1. The van der Waals surface area contributed by atoms with Crippen molar-refractivity contribution in [3.8, 4) is 5.75 Å². The third-order valence-electron chi connectivity index (χ3n) is 7.43. The van der Waals surface area contributed by atoms with Gasteiger partial charge in [-0.15, -0.1) is 0 Å². The van der Waals surface area contributed by atoms with Gasteiger partial charge in [-0.3, -0.25) is 9.47 Å². The van der Waals surface area contributed by atoms with Crippen molar-refractivity contribution in [1.82, 2.24) is 19.4 Å². The van der Waals surface area contributed by atoms with Crippen LogP contribution >= 0.6 is 58.0 Å². The minimum atomic E-state index is -0.354. The molecule has 1 spiro atoms. The summed E-state index contributed by atoms with van der Waals surface area (Å²) in [5, 5.41) is 2.26. The molecule has 2 N–H and O–H groups in total. The van der Waals surface area contributed by atoms with Gasteiger partial charge in [0.2, 0.25) is 0 Å². The van der Waals surface area contributed by atoms with Gasteiger partial charge in [0, 0.05) is 62.5 Å². The number of likely N-dealkylation sites (tertiary alicyclic amines) is 1. The minimum absolute atomic E-state index is 0.151. The van der Waals surface area contributed by atoms with Gasteiger partial charge in [0.25, 0.3) is 0 Å². The summed E-state index contributed by atoms with van der Waals surface area (Å²) in [7, 11) is 0. The Kier molecular flexibility index (Phi) is 13.3. The van der Waals surface area contributed by atoms with Crippen molar-refractivity contribution in [2.45, 2.75) is 38.0 Å². The fourth-order valence-corrected chi connectivity index (χ4v) is 6.44. The van der Waals surface area contributed by atoms with Crippen molar-refractivity contribution < 1.29 is 19.0 Å². The van der Waals surface area contributed by atoms with Crippen molar-refractivity contribution in [3.63, 3.8) is 0 Å². The van der Waals surface area contributed by atoms with Gasteiger partial charge in [0.1, 0.15) is 12.9 Å². The minimum Gasteiger partial charge on any atom is -0.489 e. The molecular weight excluding hydrogens is 672 g/mol. The summed E-state index contributed by atoms with van der Waals surface area (Å²) in [5.74, 6) is 0.0112. The zero-order chi connectivity index (χ0) is 31.7. The quantitative estimate of drug-likeness (QED) is 0.247. The summed E-state index contributed by atoms with van der Waals surface area (Å²) >= 11 is 30.1. The van der Waals surface area contributed by atoms with Gasteiger partial charge in [0.15, 0.2) is 11.5 Å². The van der Waals surface area contributed by atoms with Crippen LogP contribution in [0.15, 0.2) is 49.1 Å². The highest BCUT2D eigenvalue weighted by Crippen LogP contribution is 2.37. The zero-order valence-corrected chi connectivity index (χ0v) is 28.1. The number of aromatic nitrogens is 2. The third-order valence-corrected chi connectivity index (χ3v) is 8.94. The molecule has 14 heteroatoms. The predicted molar refractivity (Wildman–Crippen MR) is 176 cm³/mol. The zero-order valence-electron chi connectivity index (χ0n) is 24.4. The SMILES string of the molecule is CCCN(CCOc1c(Cl)cc(Cl)cc1Cl)C(=O)n1ccnc1.NCC(c1ccc(Cl)c(Cl)c1)N1CCC2(CC1)OCCO2. The molecule has 1 amide bonds. The number of amides is 1. The Morgan fingerprint density at radius 3 is 2.27 bits per heavy atom. The fraction of sp³-hybridized carbons (Fsp3) is 0.467. The summed E-state index contributed by atoms with van der Waals surface area (Å²) in [6.45, 7) is 7.04. The Bertz CT molecular complexity index is 1340. The van der Waals surface area contributed by atoms with Crippen molar-refractivity contribution in [1.29, 1.82) is 0 Å². The van der Waals surface area contributed by atoms with E-state index >= 15 is 0 Å². The predicted octanol–water partition coefficient (Wildman–Crippen LogP) is 7.43. The summed E-state index contributed by atoms with van der Waals surface area (Å²) in [6.07, 6.45) is 7.24. The van der Waals surface area contributed by atoms with Crippen molar-refractivity contribution in [2.75, 3.05) is 52.5 Å². The number of nitrogens with two attached hydrogens (primary N) is 1. The van der Waals surface area contributed by atoms with Crippen molar-refractivity contribution in [3.05, 3.63) is 79.7 Å². The molecule has 2 aliphatic rings. The maximum atomic E-state index is 12.3. The summed E-state index contributed by atoms with van der Waals surface area (Å²) in [4.78, 5) is 20.3. The summed E-state index contributed by atoms with van der Waals surface area (Å²) in [6, 6.07) is 8.86. The fourth-order valence-electron chi connectivity index (χ4n) is 5.21. The second-order valence-corrected chi connectivity index (χ2v) is 12.4. The van der Waals surface area contributed by atoms with Gasteiger partial charge in [0.05, 0.1) is 39.8 Å². The molecule has 2 fully saturated rings. The number of nitrogens with zero attached hydrogens (tertiary/aromatic N) is 4. The second-order valence-electron chi connectivity index (χ2n) is 10.4. The third kappa shape index (κ3) is 9.15. The molecule has 3 aromatic rings. The Morgan fingerprint density at radius 2 is 1.70 bits per heavy atom. The highest BCUT2D eigenvalue weighted by atomic mass is 35.5. The molecule has 2 aromatic carbocycles. The maximum absolute atomic E-state index is 12.3. The van der Waals surface area contributed by atoms with E-state index in [0.29, 0.717) is 63.7 Å². The standard InChI is InChI=1S/C15H16Cl3N3O2.C15H20Cl2N2O2/c1-2-4-20(15(22)21-5-3-19-10-21)6-7-23-14-12(17)8-11(16)9-13(14)18;16-12-2-1-11(9-13(12)17)14(10-18)19-5-3-15(4-6-19)20-7-8-21-15/h3,5,8-10H,2,4,6-7H2,1H3;1-2,9,14H,3-8,10,18H2. The van der Waals surface area contributed by atoms with Crippen molar-refractivity contribution in [2.24, 2.45) is 5.73 Å². The van der Waals surface area contributed by atoms with E-state index < -0.39 is 0 Å². The Hall–Kier alpha value is -1.79. The Morgan fingerprint density at radius 1 is 1.02 bits per heavy atom. The molecule has 44 heavy (non-hydrogen) atoms. The molecule has 9 nitrogen and oxygen atoms in total. The van der Waals surface area contributed by atoms with E-state index in [1.54, 1.807) is 29.4 Å². The first-order valence-corrected chi connectivity index (χ1v) is 16.3. The molecule has 3 heterocycles. The number of ether oxygens (including phenoxy) is 3. The normalized spacial score (nSPS) is 16.8. The van der Waals surface area contributed by atoms with Crippen LogP contribution in [0, 0.1) is 0 Å². The number of hydrogen-bond acceptors (Lipinski definition) is 7. The molecule has 1 atom stereocenters. The van der Waals surface area contributed by atoms with Gasteiger partial charge in [-0.05, 0) is 36.2 Å². The molecule has 1 unspecified atom stereocenters. The number of halogens is 5. The average molecular weight is 708 g/mol. The van der Waals surface area contributed by atoms with E-state index in [9.17, 15) is 4.79 Å². The lowest BCUT2D eigenvalue weighted by atomic mass is 9.98. The van der Waals surface area contributed by atoms with Crippen LogP contribution in [-0.4, -0.2) is 83.7 Å². The van der Waals surface area contributed by atoms with Gasteiger partial charge in [-0.1, -0.05) is 71.0 Å². The first-order valence-electron chi connectivity index (χ1n) is 14.4. The van der Waals surface area contributed by atoms with Crippen LogP contribution in [0.25, 0.3) is 0 Å². The number of hydrogen-bond donors (Lipinski definition) is 1. The number of carbonyl (C=O) groups is 1. The van der Waals surface area contributed by atoms with E-state index in [0.717, 1.165) is 37.9 Å². The van der Waals surface area contributed by atoms with Crippen LogP contribution in [-0.2, 0) is 9.47 Å². The summed E-state index contributed by atoms with van der Waals surface area (Å²) in [5.41, 5.74) is 7.10. The molecule has 2 aliphatic heterocycles. The average Bonchev–Trinajstić information content (AvgIpc) is 3.70. The highest BCUT2D eigenvalue weighted by molar-refractivity contribution is 6.42. The van der Waals surface area contributed by atoms with Gasteiger partial charge in [-0.2, -0.15) is 0 Å². The first-order chi connectivity index (χ1) is 21.2. The maximum Gasteiger partial charge on any atom is 0.329 e. The Labute approximate surface area is 283 Å². The highest BCUT2D eigenvalue weighted by Gasteiger charge is 2.41. The number of piperidine rings is 1. The van der Waals surface area contributed by atoms with E-state index in [-0.39, 0.29) is 24.5 Å². The largest absolute Gasteiger partial charge is 0.489 e. The number of carbonyl (C=O) groups excluding carboxylic acids is 1. The molecule has 0 radical (unpaired) electrons. The lowest BCUT2D eigenvalue weighted by Gasteiger charge is -2.41. The molecule has 240 valence electrons. The lowest BCUT2D eigenvalue weighted by molar-refractivity contribution is -0.187. The summed E-state index contributed by atoms with van der Waals surface area (Å²) < 4.78 is 18.6. The topological polar surface area (TPSA) is 95.1 Å². The monoisotopic (exact) mass is 705 g/mol. The molecule has 0 aliphatic carbocycles. The molecule has 1 aromatic heterocycles. The van der Waals surface area contributed by atoms with E-state index in [4.69, 9.17) is 77.9 Å². The van der Waals surface area contributed by atoms with Crippen LogP contribution in [0.1, 0.15) is 37.8 Å². The lowest BCUT2D eigenvalue weighted by Crippen LogP contribution is -2.47. The molecular formula is C30H36Cl5N5O4. The van der Waals surface area contributed by atoms with Gasteiger partial charge >= 0.3 is 6.03 Å². The molecule has 2 saturated heterocycles. The first kappa shape index (κ1) is 35.1. The van der Waals surface area contributed by atoms with Crippen LogP contribution < -0.4 is 10.5 Å². The van der Waals surface area contributed by atoms with Gasteiger partial charge < -0.3 is 24.8 Å². The van der Waals surface area contributed by atoms with Crippen LogP contribution in [0.3, 0.4) is 0 Å². The van der Waals surface area contributed by atoms with Crippen LogP contribution in [0.2, 0.25) is 25.1 Å². The van der Waals surface area contributed by atoms with Crippen molar-refractivity contribution >= 4 is 64.0 Å². The smallest absolute Gasteiger partial charge is 0.329 e. The van der Waals surface area contributed by atoms with E-state index in [1.807, 2.05) is 25.1 Å². The Balaban J connectivity index is 0.000000201. The molecule has 0 bridgehead atoms. The van der Waals surface area contributed by atoms with Gasteiger partial charge in [-0.25, -0.2) is 9.78 Å². The second kappa shape index (κ2) is 16.7. The van der Waals surface area contributed by atoms with E-state index in [2.05, 4.69) is 9.88 Å². The number of rotatable bonds is 9. The molecule has 5 rings (SSSR count). The van der Waals surface area contributed by atoms with Crippen LogP contribution in [0.5, 0.6) is 5.75 Å².